The van der Waals surface area contributed by atoms with Crippen LogP contribution < -0.4 is 0 Å². The maximum Gasteiger partial charge on any atom is 0.338 e. The quantitative estimate of drug-likeness (QED) is 0.280. The molecule has 0 spiro atoms. The monoisotopic (exact) mass is 391 g/mol. The molecule has 140 valence electrons. The molecule has 0 bridgehead atoms. The van der Waals surface area contributed by atoms with Crippen molar-refractivity contribution >= 4 is 34.5 Å². The van der Waals surface area contributed by atoms with Gasteiger partial charge in [0.15, 0.2) is 11.8 Å². The van der Waals surface area contributed by atoms with Crippen molar-refractivity contribution in [3.63, 3.8) is 0 Å². The van der Waals surface area contributed by atoms with Crippen LogP contribution in [-0.2, 0) is 10.5 Å². The van der Waals surface area contributed by atoms with Crippen LogP contribution in [0.15, 0.2) is 72.0 Å². The number of thioether (sulfide) groups is 1. The molecule has 4 rings (SSSR count). The average molecular weight is 391 g/mol. The van der Waals surface area contributed by atoms with Gasteiger partial charge in [-0.2, -0.15) is 0 Å². The van der Waals surface area contributed by atoms with Gasteiger partial charge in [0.2, 0.25) is 5.78 Å². The topological polar surface area (TPSA) is 87.8 Å². The van der Waals surface area contributed by atoms with E-state index in [2.05, 4.69) is 15.0 Å². The summed E-state index contributed by atoms with van der Waals surface area (Å²) in [5, 5.41) is 0.784. The molecule has 2 aromatic carbocycles. The Bertz CT molecular complexity index is 1090. The van der Waals surface area contributed by atoms with Gasteiger partial charge in [-0.15, -0.1) is 0 Å². The Kier molecular flexibility index (Phi) is 5.25. The van der Waals surface area contributed by atoms with Gasteiger partial charge in [0.05, 0.1) is 22.3 Å². The number of aromatic nitrogens is 3. The molecule has 0 radical (unpaired) electrons. The number of aromatic amines is 2. The van der Waals surface area contributed by atoms with Gasteiger partial charge < -0.3 is 14.7 Å². The number of benzene rings is 2. The molecule has 4 aromatic rings. The van der Waals surface area contributed by atoms with Gasteiger partial charge in [0, 0.05) is 11.9 Å². The second-order valence-corrected chi connectivity index (χ2v) is 7.05. The van der Waals surface area contributed by atoms with Crippen molar-refractivity contribution in [3.8, 4) is 0 Å². The summed E-state index contributed by atoms with van der Waals surface area (Å²) >= 11 is 1.51. The third-order valence-electron chi connectivity index (χ3n) is 4.20. The van der Waals surface area contributed by atoms with E-state index < -0.39 is 5.97 Å². The summed E-state index contributed by atoms with van der Waals surface area (Å²) in [5.74, 6) is -0.233. The van der Waals surface area contributed by atoms with E-state index in [1.54, 1.807) is 30.5 Å². The van der Waals surface area contributed by atoms with E-state index in [1.165, 1.54) is 11.8 Å². The Morgan fingerprint density at radius 2 is 1.82 bits per heavy atom. The summed E-state index contributed by atoms with van der Waals surface area (Å²) in [4.78, 5) is 35.1. The lowest BCUT2D eigenvalue weighted by molar-refractivity contribution is 0.0473. The molecular weight excluding hydrogens is 374 g/mol. The molecule has 0 saturated carbocycles. The van der Waals surface area contributed by atoms with E-state index in [1.807, 2.05) is 36.4 Å². The normalized spacial score (nSPS) is 10.9. The van der Waals surface area contributed by atoms with Crippen molar-refractivity contribution < 1.29 is 14.3 Å². The minimum Gasteiger partial charge on any atom is -0.454 e. The van der Waals surface area contributed by atoms with Gasteiger partial charge >= 0.3 is 5.97 Å². The van der Waals surface area contributed by atoms with Gasteiger partial charge in [0.1, 0.15) is 0 Å². The number of hydrogen-bond acceptors (Lipinski definition) is 5. The highest BCUT2D eigenvalue weighted by molar-refractivity contribution is 7.98. The Balaban J connectivity index is 1.42. The summed E-state index contributed by atoms with van der Waals surface area (Å²) in [6.45, 7) is -0.301. The van der Waals surface area contributed by atoms with Crippen molar-refractivity contribution in [1.29, 1.82) is 0 Å². The van der Waals surface area contributed by atoms with E-state index in [-0.39, 0.29) is 12.4 Å². The maximum absolute atomic E-state index is 12.5. The van der Waals surface area contributed by atoms with Crippen LogP contribution in [0.5, 0.6) is 0 Å². The molecule has 0 aliphatic carbocycles. The zero-order valence-electron chi connectivity index (χ0n) is 14.8. The highest BCUT2D eigenvalue weighted by Gasteiger charge is 2.16. The van der Waals surface area contributed by atoms with Crippen LogP contribution in [0.3, 0.4) is 0 Å². The number of ether oxygens (including phenoxy) is 1. The lowest BCUT2D eigenvalue weighted by Crippen LogP contribution is -2.15. The third-order valence-corrected chi connectivity index (χ3v) is 5.12. The zero-order chi connectivity index (χ0) is 19.3. The number of nitrogens with one attached hydrogen (secondary N) is 2. The first-order valence-electron chi connectivity index (χ1n) is 8.70. The standard InChI is InChI=1S/C21H17N3O3S/c25-19(18-10-5-11-22-18)12-27-20(26)15-7-2-1-6-14(15)13-28-21-23-16-8-3-4-9-17(16)24-21/h1-11,22H,12-13H2,(H,23,24). The van der Waals surface area contributed by atoms with Gasteiger partial charge in [-0.05, 0) is 35.9 Å². The Labute approximate surface area is 165 Å². The molecule has 0 amide bonds. The van der Waals surface area contributed by atoms with Crippen LogP contribution >= 0.6 is 11.8 Å². The number of H-pyrrole nitrogens is 2. The minimum atomic E-state index is -0.513. The summed E-state index contributed by atoms with van der Waals surface area (Å²) < 4.78 is 5.21. The number of hydrogen-bond donors (Lipinski definition) is 2. The molecule has 0 unspecified atom stereocenters. The van der Waals surface area contributed by atoms with Crippen molar-refractivity contribution in [2.75, 3.05) is 6.61 Å². The number of fused-ring (bicyclic) bond motifs is 1. The first-order chi connectivity index (χ1) is 13.7. The lowest BCUT2D eigenvalue weighted by atomic mass is 10.1. The van der Waals surface area contributed by atoms with Gasteiger partial charge in [0.25, 0.3) is 0 Å². The van der Waals surface area contributed by atoms with Crippen LogP contribution in [-0.4, -0.2) is 33.3 Å². The summed E-state index contributed by atoms with van der Waals surface area (Å²) in [7, 11) is 0. The fourth-order valence-electron chi connectivity index (χ4n) is 2.78. The second kappa shape index (κ2) is 8.14. The van der Waals surface area contributed by atoms with Crippen LogP contribution in [0.4, 0.5) is 0 Å². The number of rotatable bonds is 7. The number of carbonyl (C=O) groups excluding carboxylic acids is 2. The predicted molar refractivity (Wildman–Crippen MR) is 108 cm³/mol. The number of esters is 1. The molecule has 2 aromatic heterocycles. The van der Waals surface area contributed by atoms with E-state index in [9.17, 15) is 9.59 Å². The molecule has 6 nitrogen and oxygen atoms in total. The molecule has 28 heavy (non-hydrogen) atoms. The van der Waals surface area contributed by atoms with Gasteiger partial charge in [-0.3, -0.25) is 4.79 Å². The molecule has 0 atom stereocenters. The number of carbonyl (C=O) groups is 2. The van der Waals surface area contributed by atoms with Crippen LogP contribution in [0.2, 0.25) is 0 Å². The number of nitrogens with zero attached hydrogens (tertiary/aromatic N) is 1. The molecule has 2 N–H and O–H groups in total. The Morgan fingerprint density at radius 3 is 2.64 bits per heavy atom. The van der Waals surface area contributed by atoms with Crippen molar-refractivity contribution in [2.24, 2.45) is 0 Å². The highest BCUT2D eigenvalue weighted by Crippen LogP contribution is 2.25. The largest absolute Gasteiger partial charge is 0.454 e. The Morgan fingerprint density at radius 1 is 1.00 bits per heavy atom. The summed E-state index contributed by atoms with van der Waals surface area (Å²) in [6, 6.07) is 18.4. The molecule has 0 aliphatic rings. The SMILES string of the molecule is O=C(COC(=O)c1ccccc1CSc1nc2ccccc2[nH]1)c1ccc[nH]1. The van der Waals surface area contributed by atoms with Crippen molar-refractivity contribution in [1.82, 2.24) is 15.0 Å². The highest BCUT2D eigenvalue weighted by atomic mass is 32.2. The van der Waals surface area contributed by atoms with Crippen molar-refractivity contribution in [2.45, 2.75) is 10.9 Å². The fourth-order valence-corrected chi connectivity index (χ4v) is 3.67. The van der Waals surface area contributed by atoms with Crippen molar-refractivity contribution in [3.05, 3.63) is 83.7 Å². The average Bonchev–Trinajstić information content (AvgIpc) is 3.40. The second-order valence-electron chi connectivity index (χ2n) is 6.09. The first kappa shape index (κ1) is 18.1. The Hall–Kier alpha value is -3.32. The van der Waals surface area contributed by atoms with E-state index in [0.717, 1.165) is 21.8 Å². The summed E-state index contributed by atoms with van der Waals surface area (Å²) in [5.41, 5.74) is 3.57. The summed E-state index contributed by atoms with van der Waals surface area (Å²) in [6.07, 6.45) is 1.65. The molecule has 0 saturated heterocycles. The van der Waals surface area contributed by atoms with Gasteiger partial charge in [-0.1, -0.05) is 42.1 Å². The van der Waals surface area contributed by atoms with Gasteiger partial charge in [-0.25, -0.2) is 9.78 Å². The van der Waals surface area contributed by atoms with Crippen LogP contribution in [0, 0.1) is 0 Å². The number of imidazole rings is 1. The number of Topliss-reactive ketones (excluding diaryl/α,β-unsaturated/α-hetero) is 1. The maximum atomic E-state index is 12.5. The minimum absolute atomic E-state index is 0.271. The van der Waals surface area contributed by atoms with Crippen LogP contribution in [0.25, 0.3) is 11.0 Å². The fraction of sp³-hybridized carbons (Fsp3) is 0.0952. The number of ketones is 1. The predicted octanol–water partition coefficient (Wildman–Crippen LogP) is 4.22. The lowest BCUT2D eigenvalue weighted by Gasteiger charge is -2.08. The number of para-hydroxylation sites is 2. The van der Waals surface area contributed by atoms with E-state index in [4.69, 9.17) is 4.74 Å². The first-order valence-corrected chi connectivity index (χ1v) is 9.68. The zero-order valence-corrected chi connectivity index (χ0v) is 15.7. The van der Waals surface area contributed by atoms with E-state index in [0.29, 0.717) is 17.0 Å². The molecule has 0 fully saturated rings. The molecule has 7 heteroatoms. The third kappa shape index (κ3) is 3.99. The molecule has 2 heterocycles. The molecular formula is C21H17N3O3S. The van der Waals surface area contributed by atoms with E-state index >= 15 is 0 Å². The smallest absolute Gasteiger partial charge is 0.338 e. The molecule has 0 aliphatic heterocycles. The van der Waals surface area contributed by atoms with Crippen LogP contribution in [0.1, 0.15) is 26.4 Å².